The lowest BCUT2D eigenvalue weighted by molar-refractivity contribution is -0.142. The maximum atomic E-state index is 11.3. The number of terminal acetylenes is 1. The molecule has 0 heterocycles. The van der Waals surface area contributed by atoms with Crippen LogP contribution in [-0.4, -0.2) is 15.2 Å². The fourth-order valence-electron chi connectivity index (χ4n) is 1.17. The van der Waals surface area contributed by atoms with Crippen molar-refractivity contribution in [3.05, 3.63) is 29.8 Å². The predicted octanol–water partition coefficient (Wildman–Crippen LogP) is 2.26. The quantitative estimate of drug-likeness (QED) is 0.399. The van der Waals surface area contributed by atoms with E-state index in [4.69, 9.17) is 11.2 Å². The summed E-state index contributed by atoms with van der Waals surface area (Å²) in [6.45, 7) is 0. The van der Waals surface area contributed by atoms with E-state index < -0.39 is 4.11 Å². The summed E-state index contributed by atoms with van der Waals surface area (Å²) in [5, 5.41) is 9.22. The Morgan fingerprint density at radius 2 is 2.38 bits per heavy atom. The van der Waals surface area contributed by atoms with Crippen molar-refractivity contribution in [2.75, 3.05) is 0 Å². The van der Waals surface area contributed by atoms with Crippen LogP contribution in [0.4, 0.5) is 0 Å². The van der Waals surface area contributed by atoms with Crippen molar-refractivity contribution in [1.29, 1.82) is 0 Å². The Balaban J connectivity index is 2.41. The molecule has 1 atom stereocenters. The van der Waals surface area contributed by atoms with Crippen molar-refractivity contribution < 1.29 is 14.6 Å². The molecule has 0 spiro atoms. The van der Waals surface area contributed by atoms with Crippen molar-refractivity contribution >= 4 is 28.6 Å². The molecule has 1 unspecified atom stereocenters. The summed E-state index contributed by atoms with van der Waals surface area (Å²) in [6.07, 6.45) is 5.86. The smallest absolute Gasteiger partial charge is 0.308 e. The van der Waals surface area contributed by atoms with Gasteiger partial charge in [0, 0.05) is 6.42 Å². The molecule has 4 heteroatoms. The minimum atomic E-state index is -0.519. The predicted molar refractivity (Wildman–Crippen MR) is 69.2 cm³/mol. The first kappa shape index (κ1) is 12.8. The Morgan fingerprint density at radius 3 is 3.00 bits per heavy atom. The molecular formula is C12H11IO3. The van der Waals surface area contributed by atoms with E-state index in [0.29, 0.717) is 6.42 Å². The zero-order valence-electron chi connectivity index (χ0n) is 8.52. The number of benzene rings is 1. The molecule has 0 saturated heterocycles. The van der Waals surface area contributed by atoms with Crippen LogP contribution in [0.15, 0.2) is 24.3 Å². The monoisotopic (exact) mass is 330 g/mol. The van der Waals surface area contributed by atoms with Crippen LogP contribution >= 0.6 is 22.6 Å². The second kappa shape index (κ2) is 6.38. The number of hydrogen-bond acceptors (Lipinski definition) is 3. The van der Waals surface area contributed by atoms with Gasteiger partial charge in [-0.15, -0.1) is 6.42 Å². The SMILES string of the molecule is C#CC(I)OC(=O)CCc1cccc(O)c1. The summed E-state index contributed by atoms with van der Waals surface area (Å²) >= 11 is 1.86. The van der Waals surface area contributed by atoms with Gasteiger partial charge in [0.1, 0.15) is 5.75 Å². The Hall–Kier alpha value is -1.22. The summed E-state index contributed by atoms with van der Waals surface area (Å²) in [7, 11) is 0. The molecule has 0 fully saturated rings. The number of carbonyl (C=O) groups excluding carboxylic acids is 1. The van der Waals surface area contributed by atoms with Crippen LogP contribution in [0.25, 0.3) is 0 Å². The average molecular weight is 330 g/mol. The van der Waals surface area contributed by atoms with E-state index in [1.165, 1.54) is 0 Å². The highest BCUT2D eigenvalue weighted by Gasteiger charge is 2.08. The van der Waals surface area contributed by atoms with Gasteiger partial charge in [-0.3, -0.25) is 4.79 Å². The Kier molecular flexibility index (Phi) is 5.12. The standard InChI is InChI=1S/C12H11IO3/c1-2-11(13)16-12(15)7-6-9-4-3-5-10(14)8-9/h1,3-5,8,11,14H,6-7H2. The number of phenols is 1. The number of carbonyl (C=O) groups is 1. The van der Waals surface area contributed by atoms with Crippen LogP contribution in [0.2, 0.25) is 0 Å². The molecule has 0 aliphatic heterocycles. The van der Waals surface area contributed by atoms with Crippen LogP contribution < -0.4 is 0 Å². The van der Waals surface area contributed by atoms with Gasteiger partial charge in [-0.1, -0.05) is 18.1 Å². The normalized spacial score (nSPS) is 11.5. The molecule has 84 valence electrons. The zero-order valence-corrected chi connectivity index (χ0v) is 10.7. The van der Waals surface area contributed by atoms with Gasteiger partial charge in [0.25, 0.3) is 0 Å². The number of esters is 1. The van der Waals surface area contributed by atoms with Gasteiger partial charge < -0.3 is 9.84 Å². The Bertz CT molecular complexity index is 409. The van der Waals surface area contributed by atoms with Crippen molar-refractivity contribution in [3.8, 4) is 18.1 Å². The number of aryl methyl sites for hydroxylation is 1. The third-order valence-electron chi connectivity index (χ3n) is 1.89. The minimum absolute atomic E-state index is 0.196. The van der Waals surface area contributed by atoms with Crippen molar-refractivity contribution in [1.82, 2.24) is 0 Å². The van der Waals surface area contributed by atoms with E-state index >= 15 is 0 Å². The van der Waals surface area contributed by atoms with Gasteiger partial charge in [0.2, 0.25) is 4.11 Å². The molecule has 0 amide bonds. The lowest BCUT2D eigenvalue weighted by atomic mass is 10.1. The van der Waals surface area contributed by atoms with E-state index in [1.807, 2.05) is 28.7 Å². The van der Waals surface area contributed by atoms with Crippen LogP contribution in [0.1, 0.15) is 12.0 Å². The van der Waals surface area contributed by atoms with Gasteiger partial charge >= 0.3 is 5.97 Å². The van der Waals surface area contributed by atoms with E-state index in [1.54, 1.807) is 18.2 Å². The number of hydrogen-bond donors (Lipinski definition) is 1. The highest BCUT2D eigenvalue weighted by atomic mass is 127. The summed E-state index contributed by atoms with van der Waals surface area (Å²) in [5.74, 6) is 2.17. The van der Waals surface area contributed by atoms with E-state index in [2.05, 4.69) is 5.92 Å². The highest BCUT2D eigenvalue weighted by molar-refractivity contribution is 14.1. The molecule has 1 aromatic rings. The fourth-order valence-corrected chi connectivity index (χ4v) is 1.45. The summed E-state index contributed by atoms with van der Waals surface area (Å²) in [6, 6.07) is 6.78. The Labute approximate surface area is 108 Å². The average Bonchev–Trinajstić information content (AvgIpc) is 2.26. The minimum Gasteiger partial charge on any atom is -0.508 e. The lowest BCUT2D eigenvalue weighted by Gasteiger charge is -2.05. The van der Waals surface area contributed by atoms with Gasteiger partial charge in [-0.25, -0.2) is 0 Å². The molecule has 0 bridgehead atoms. The molecule has 1 aromatic carbocycles. The fraction of sp³-hybridized carbons (Fsp3) is 0.250. The van der Waals surface area contributed by atoms with Gasteiger partial charge in [0.05, 0.1) is 0 Å². The zero-order chi connectivity index (χ0) is 12.0. The van der Waals surface area contributed by atoms with Gasteiger partial charge in [-0.2, -0.15) is 0 Å². The van der Waals surface area contributed by atoms with Crippen molar-refractivity contribution in [3.63, 3.8) is 0 Å². The maximum absolute atomic E-state index is 11.3. The van der Waals surface area contributed by atoms with Crippen LogP contribution in [0.3, 0.4) is 0 Å². The highest BCUT2D eigenvalue weighted by Crippen LogP contribution is 2.13. The number of aromatic hydroxyl groups is 1. The molecular weight excluding hydrogens is 319 g/mol. The molecule has 0 saturated carbocycles. The molecule has 16 heavy (non-hydrogen) atoms. The maximum Gasteiger partial charge on any atom is 0.308 e. The summed E-state index contributed by atoms with van der Waals surface area (Å²) < 4.78 is 4.38. The van der Waals surface area contributed by atoms with Crippen LogP contribution in [0.5, 0.6) is 5.75 Å². The second-order valence-corrected chi connectivity index (χ2v) is 4.27. The molecule has 0 radical (unpaired) electrons. The van der Waals surface area contributed by atoms with E-state index in [-0.39, 0.29) is 18.1 Å². The van der Waals surface area contributed by atoms with Crippen molar-refractivity contribution in [2.45, 2.75) is 17.0 Å². The van der Waals surface area contributed by atoms with Crippen LogP contribution in [-0.2, 0) is 16.0 Å². The largest absolute Gasteiger partial charge is 0.508 e. The van der Waals surface area contributed by atoms with Crippen molar-refractivity contribution in [2.24, 2.45) is 0 Å². The molecule has 1 N–H and O–H groups in total. The Morgan fingerprint density at radius 1 is 1.62 bits per heavy atom. The molecule has 0 aliphatic carbocycles. The summed E-state index contributed by atoms with van der Waals surface area (Å²) in [5.41, 5.74) is 0.891. The first-order valence-electron chi connectivity index (χ1n) is 4.69. The number of ether oxygens (including phenoxy) is 1. The summed E-state index contributed by atoms with van der Waals surface area (Å²) in [4.78, 5) is 11.3. The number of alkyl halides is 1. The third-order valence-corrected chi connectivity index (χ3v) is 2.51. The molecule has 0 aliphatic rings. The third kappa shape index (κ3) is 4.53. The molecule has 3 nitrogen and oxygen atoms in total. The van der Waals surface area contributed by atoms with Gasteiger partial charge in [-0.05, 0) is 46.7 Å². The van der Waals surface area contributed by atoms with E-state index in [0.717, 1.165) is 5.56 Å². The lowest BCUT2D eigenvalue weighted by Crippen LogP contribution is -2.10. The van der Waals surface area contributed by atoms with E-state index in [9.17, 15) is 9.90 Å². The number of rotatable bonds is 4. The first-order valence-corrected chi connectivity index (χ1v) is 5.94. The first-order chi connectivity index (χ1) is 7.61. The molecule has 0 aromatic heterocycles. The topological polar surface area (TPSA) is 46.5 Å². The second-order valence-electron chi connectivity index (χ2n) is 3.14. The number of halogens is 1. The molecule has 1 rings (SSSR count). The van der Waals surface area contributed by atoms with Crippen LogP contribution in [0, 0.1) is 12.3 Å². The number of phenolic OH excluding ortho intramolecular Hbond substituents is 1. The van der Waals surface area contributed by atoms with Gasteiger partial charge in [0.15, 0.2) is 0 Å².